The molecule has 1 fully saturated rings. The summed E-state index contributed by atoms with van der Waals surface area (Å²) in [7, 11) is -3.63. The number of hydrogen-bond acceptors (Lipinski definition) is 4. The maximum absolute atomic E-state index is 13.2. The SMILES string of the molecule is Cc1ccc(S(=O)(=O)N2CCN(Cc3cccc(F)c3)C(=O)C2)s1. The lowest BCUT2D eigenvalue weighted by atomic mass is 10.2. The van der Waals surface area contributed by atoms with E-state index in [9.17, 15) is 17.6 Å². The topological polar surface area (TPSA) is 57.7 Å². The van der Waals surface area contributed by atoms with Crippen molar-refractivity contribution in [3.63, 3.8) is 0 Å². The third kappa shape index (κ3) is 3.50. The zero-order valence-electron chi connectivity index (χ0n) is 13.1. The van der Waals surface area contributed by atoms with Crippen molar-refractivity contribution in [2.75, 3.05) is 19.6 Å². The number of piperazine rings is 1. The number of amides is 1. The molecular weight excluding hydrogens is 351 g/mol. The molecular formula is C16H17FN2O3S2. The molecule has 0 N–H and O–H groups in total. The van der Waals surface area contributed by atoms with E-state index in [0.717, 1.165) is 4.88 Å². The molecule has 1 aliphatic heterocycles. The molecule has 0 unspecified atom stereocenters. The molecule has 8 heteroatoms. The van der Waals surface area contributed by atoms with E-state index < -0.39 is 10.0 Å². The summed E-state index contributed by atoms with van der Waals surface area (Å²) in [6.07, 6.45) is 0. The predicted molar refractivity (Wildman–Crippen MR) is 89.6 cm³/mol. The average Bonchev–Trinajstić information content (AvgIpc) is 2.96. The van der Waals surface area contributed by atoms with Crippen LogP contribution in [0, 0.1) is 12.7 Å². The number of thiophene rings is 1. The van der Waals surface area contributed by atoms with Crippen molar-refractivity contribution in [3.05, 3.63) is 52.7 Å². The fraction of sp³-hybridized carbons (Fsp3) is 0.312. The van der Waals surface area contributed by atoms with Crippen LogP contribution in [0.3, 0.4) is 0 Å². The Balaban J connectivity index is 1.70. The Labute approximate surface area is 144 Å². The highest BCUT2D eigenvalue weighted by Crippen LogP contribution is 2.25. The molecule has 1 aromatic heterocycles. The van der Waals surface area contributed by atoms with Crippen molar-refractivity contribution in [1.29, 1.82) is 0 Å². The van der Waals surface area contributed by atoms with Gasteiger partial charge in [0, 0.05) is 24.5 Å². The molecule has 1 aromatic carbocycles. The van der Waals surface area contributed by atoms with Crippen LogP contribution in [0.15, 0.2) is 40.6 Å². The molecule has 1 saturated heterocycles. The summed E-state index contributed by atoms with van der Waals surface area (Å²) in [4.78, 5) is 14.8. The molecule has 1 amide bonds. The molecule has 0 spiro atoms. The van der Waals surface area contributed by atoms with Crippen LogP contribution in [0.4, 0.5) is 4.39 Å². The molecule has 24 heavy (non-hydrogen) atoms. The molecule has 2 aromatic rings. The van der Waals surface area contributed by atoms with Gasteiger partial charge in [-0.3, -0.25) is 4.79 Å². The molecule has 2 heterocycles. The van der Waals surface area contributed by atoms with Gasteiger partial charge in [0.1, 0.15) is 10.0 Å². The van der Waals surface area contributed by atoms with Crippen LogP contribution in [0.5, 0.6) is 0 Å². The first-order valence-electron chi connectivity index (χ1n) is 7.45. The van der Waals surface area contributed by atoms with Gasteiger partial charge in [-0.15, -0.1) is 11.3 Å². The summed E-state index contributed by atoms with van der Waals surface area (Å²) in [5.41, 5.74) is 0.688. The molecule has 0 atom stereocenters. The van der Waals surface area contributed by atoms with Crippen LogP contribution in [-0.4, -0.2) is 43.2 Å². The van der Waals surface area contributed by atoms with E-state index in [2.05, 4.69) is 0 Å². The molecule has 0 aliphatic carbocycles. The minimum atomic E-state index is -3.63. The number of rotatable bonds is 4. The van der Waals surface area contributed by atoms with E-state index >= 15 is 0 Å². The number of halogens is 1. The number of hydrogen-bond donors (Lipinski definition) is 0. The number of carbonyl (C=O) groups excluding carboxylic acids is 1. The summed E-state index contributed by atoms with van der Waals surface area (Å²) in [5, 5.41) is 0. The van der Waals surface area contributed by atoms with Crippen molar-refractivity contribution in [2.45, 2.75) is 17.7 Å². The van der Waals surface area contributed by atoms with Crippen LogP contribution < -0.4 is 0 Å². The number of nitrogens with zero attached hydrogens (tertiary/aromatic N) is 2. The van der Waals surface area contributed by atoms with E-state index in [1.807, 2.05) is 6.92 Å². The van der Waals surface area contributed by atoms with Crippen LogP contribution >= 0.6 is 11.3 Å². The Morgan fingerprint density at radius 3 is 2.62 bits per heavy atom. The van der Waals surface area contributed by atoms with Crippen molar-refractivity contribution in [3.8, 4) is 0 Å². The van der Waals surface area contributed by atoms with Gasteiger partial charge in [0.25, 0.3) is 10.0 Å². The summed E-state index contributed by atoms with van der Waals surface area (Å²) >= 11 is 1.20. The largest absolute Gasteiger partial charge is 0.336 e. The molecule has 3 rings (SSSR count). The Hall–Kier alpha value is -1.77. The fourth-order valence-electron chi connectivity index (χ4n) is 2.59. The lowest BCUT2D eigenvalue weighted by Crippen LogP contribution is -2.51. The van der Waals surface area contributed by atoms with Gasteiger partial charge < -0.3 is 4.90 Å². The van der Waals surface area contributed by atoms with E-state index in [-0.39, 0.29) is 35.6 Å². The summed E-state index contributed by atoms with van der Waals surface area (Å²) < 4.78 is 39.8. The Morgan fingerprint density at radius 2 is 2.00 bits per heavy atom. The second kappa shape index (κ2) is 6.62. The van der Waals surface area contributed by atoms with Gasteiger partial charge >= 0.3 is 0 Å². The molecule has 0 saturated carbocycles. The zero-order chi connectivity index (χ0) is 17.3. The Kier molecular flexibility index (Phi) is 4.71. The van der Waals surface area contributed by atoms with E-state index in [1.165, 1.54) is 27.8 Å². The van der Waals surface area contributed by atoms with Gasteiger partial charge in [-0.1, -0.05) is 12.1 Å². The van der Waals surface area contributed by atoms with Crippen molar-refractivity contribution >= 4 is 27.3 Å². The Morgan fingerprint density at radius 1 is 1.21 bits per heavy atom. The second-order valence-corrected chi connectivity index (χ2v) is 9.10. The van der Waals surface area contributed by atoms with Crippen molar-refractivity contribution in [2.24, 2.45) is 0 Å². The lowest BCUT2D eigenvalue weighted by molar-refractivity contribution is -0.134. The predicted octanol–water partition coefficient (Wildman–Crippen LogP) is 2.23. The van der Waals surface area contributed by atoms with Gasteiger partial charge in [-0.05, 0) is 36.8 Å². The van der Waals surface area contributed by atoms with Gasteiger partial charge in [-0.2, -0.15) is 4.31 Å². The maximum atomic E-state index is 13.2. The number of carbonyl (C=O) groups is 1. The highest BCUT2D eigenvalue weighted by molar-refractivity contribution is 7.91. The first-order chi connectivity index (χ1) is 11.4. The van der Waals surface area contributed by atoms with Gasteiger partial charge in [0.15, 0.2) is 0 Å². The van der Waals surface area contributed by atoms with Gasteiger partial charge in [0.2, 0.25) is 5.91 Å². The number of sulfonamides is 1. The fourth-order valence-corrected chi connectivity index (χ4v) is 5.41. The first kappa shape index (κ1) is 17.1. The summed E-state index contributed by atoms with van der Waals surface area (Å²) in [6.45, 7) is 2.46. The zero-order valence-corrected chi connectivity index (χ0v) is 14.7. The number of aryl methyl sites for hydroxylation is 1. The summed E-state index contributed by atoms with van der Waals surface area (Å²) in [5.74, 6) is -0.628. The minimum absolute atomic E-state index is 0.186. The molecule has 5 nitrogen and oxygen atoms in total. The van der Waals surface area contributed by atoms with Crippen molar-refractivity contribution < 1.29 is 17.6 Å². The highest BCUT2D eigenvalue weighted by atomic mass is 32.2. The van der Waals surface area contributed by atoms with Crippen LogP contribution in [0.25, 0.3) is 0 Å². The number of benzene rings is 1. The third-order valence-corrected chi connectivity index (χ3v) is 7.17. The third-order valence-electron chi connectivity index (χ3n) is 3.86. The molecule has 0 bridgehead atoms. The Bertz CT molecular complexity index is 864. The molecule has 128 valence electrons. The quantitative estimate of drug-likeness (QED) is 0.832. The standard InChI is InChI=1S/C16H17FN2O3S2/c1-12-5-6-16(23-12)24(21,22)19-8-7-18(15(20)11-19)10-13-3-2-4-14(17)9-13/h2-6,9H,7-8,10-11H2,1H3. The smallest absolute Gasteiger partial charge is 0.253 e. The molecule has 1 aliphatic rings. The molecule has 0 radical (unpaired) electrons. The highest BCUT2D eigenvalue weighted by Gasteiger charge is 2.33. The summed E-state index contributed by atoms with van der Waals surface area (Å²) in [6, 6.07) is 9.38. The van der Waals surface area contributed by atoms with E-state index in [4.69, 9.17) is 0 Å². The van der Waals surface area contributed by atoms with Crippen LogP contribution in [0.2, 0.25) is 0 Å². The normalized spacial score (nSPS) is 16.6. The van der Waals surface area contributed by atoms with Gasteiger partial charge in [0.05, 0.1) is 6.54 Å². The van der Waals surface area contributed by atoms with Crippen LogP contribution in [0.1, 0.15) is 10.4 Å². The van der Waals surface area contributed by atoms with E-state index in [1.54, 1.807) is 29.2 Å². The minimum Gasteiger partial charge on any atom is -0.336 e. The van der Waals surface area contributed by atoms with Gasteiger partial charge in [-0.25, -0.2) is 12.8 Å². The van der Waals surface area contributed by atoms with Crippen molar-refractivity contribution in [1.82, 2.24) is 9.21 Å². The first-order valence-corrected chi connectivity index (χ1v) is 9.71. The lowest BCUT2D eigenvalue weighted by Gasteiger charge is -2.33. The average molecular weight is 368 g/mol. The maximum Gasteiger partial charge on any atom is 0.253 e. The monoisotopic (exact) mass is 368 g/mol. The second-order valence-electron chi connectivity index (χ2n) is 5.65. The van der Waals surface area contributed by atoms with Crippen LogP contribution in [-0.2, 0) is 21.4 Å². The van der Waals surface area contributed by atoms with E-state index in [0.29, 0.717) is 12.1 Å².